The number of aromatic nitrogens is 1. The second-order valence-corrected chi connectivity index (χ2v) is 9.75. The van der Waals surface area contributed by atoms with Crippen molar-refractivity contribution in [3.05, 3.63) is 126 Å². The number of piperazine rings is 1. The third-order valence-corrected chi connectivity index (χ3v) is 7.06. The van der Waals surface area contributed by atoms with Crippen molar-refractivity contribution in [1.82, 2.24) is 9.88 Å². The Morgan fingerprint density at radius 1 is 0.775 bits per heavy atom. The maximum atomic E-state index is 13.9. The Kier molecular flexibility index (Phi) is 8.71. The van der Waals surface area contributed by atoms with Gasteiger partial charge in [-0.1, -0.05) is 72.8 Å². The summed E-state index contributed by atoms with van der Waals surface area (Å²) in [5.74, 6) is 0.452. The number of carbonyl (C=O) groups excluding carboxylic acids is 2. The van der Waals surface area contributed by atoms with E-state index in [1.165, 1.54) is 11.1 Å². The van der Waals surface area contributed by atoms with Crippen molar-refractivity contribution >= 4 is 23.4 Å². The number of rotatable bonds is 9. The molecule has 204 valence electrons. The SMILES string of the molecule is CCOC(=O)c1ccc(N2CCN(C(=O)c3ccccc3N(Cc3ccccc3)Cc3ccccc3)CC2)nc1. The third-order valence-electron chi connectivity index (χ3n) is 7.06. The highest BCUT2D eigenvalue weighted by atomic mass is 16.5. The van der Waals surface area contributed by atoms with Crippen LogP contribution in [0.5, 0.6) is 0 Å². The van der Waals surface area contributed by atoms with Crippen LogP contribution in [0.3, 0.4) is 0 Å². The van der Waals surface area contributed by atoms with Gasteiger partial charge in [-0.25, -0.2) is 9.78 Å². The first-order chi connectivity index (χ1) is 19.6. The summed E-state index contributed by atoms with van der Waals surface area (Å²) in [5.41, 5.74) is 4.46. The molecule has 0 bridgehead atoms. The summed E-state index contributed by atoms with van der Waals surface area (Å²) in [6.07, 6.45) is 1.55. The number of para-hydroxylation sites is 1. The van der Waals surface area contributed by atoms with Gasteiger partial charge < -0.3 is 19.4 Å². The van der Waals surface area contributed by atoms with E-state index in [9.17, 15) is 9.59 Å². The smallest absolute Gasteiger partial charge is 0.339 e. The predicted molar refractivity (Wildman–Crippen MR) is 158 cm³/mol. The van der Waals surface area contributed by atoms with Crippen LogP contribution in [-0.4, -0.2) is 54.5 Å². The summed E-state index contributed by atoms with van der Waals surface area (Å²) < 4.78 is 5.05. The molecule has 1 fully saturated rings. The highest BCUT2D eigenvalue weighted by Crippen LogP contribution is 2.27. The standard InChI is InChI=1S/C33H34N4O3/c1-2-40-33(39)28-17-18-31(34-23-28)35-19-21-36(22-20-35)32(38)29-15-9-10-16-30(29)37(24-26-11-5-3-6-12-26)25-27-13-7-4-8-14-27/h3-18,23H,2,19-22,24-25H2,1H3. The molecule has 0 radical (unpaired) electrons. The first kappa shape index (κ1) is 26.9. The van der Waals surface area contributed by atoms with Crippen LogP contribution in [-0.2, 0) is 17.8 Å². The maximum absolute atomic E-state index is 13.9. The van der Waals surface area contributed by atoms with Crippen molar-refractivity contribution in [2.24, 2.45) is 0 Å². The molecule has 0 saturated carbocycles. The van der Waals surface area contributed by atoms with E-state index in [-0.39, 0.29) is 11.9 Å². The molecule has 4 aromatic rings. The molecule has 0 spiro atoms. The van der Waals surface area contributed by atoms with Gasteiger partial charge in [0, 0.05) is 45.5 Å². The number of hydrogen-bond acceptors (Lipinski definition) is 6. The normalized spacial score (nSPS) is 13.1. The number of ether oxygens (including phenoxy) is 1. The van der Waals surface area contributed by atoms with Gasteiger partial charge >= 0.3 is 5.97 Å². The molecular formula is C33H34N4O3. The number of carbonyl (C=O) groups is 2. The number of amides is 1. The minimum atomic E-state index is -0.371. The van der Waals surface area contributed by atoms with Gasteiger partial charge in [0.2, 0.25) is 0 Å². The minimum Gasteiger partial charge on any atom is -0.462 e. The maximum Gasteiger partial charge on any atom is 0.339 e. The average Bonchev–Trinajstić information content (AvgIpc) is 3.02. The molecule has 7 heteroatoms. The first-order valence-corrected chi connectivity index (χ1v) is 13.7. The summed E-state index contributed by atoms with van der Waals surface area (Å²) in [5, 5.41) is 0. The van der Waals surface area contributed by atoms with Gasteiger partial charge in [-0.05, 0) is 42.3 Å². The largest absolute Gasteiger partial charge is 0.462 e. The number of esters is 1. The summed E-state index contributed by atoms with van der Waals surface area (Å²) in [6.45, 7) is 6.01. The first-order valence-electron chi connectivity index (χ1n) is 13.7. The fraction of sp³-hybridized carbons (Fsp3) is 0.242. The van der Waals surface area contributed by atoms with Crippen LogP contribution in [0.2, 0.25) is 0 Å². The summed E-state index contributed by atoms with van der Waals surface area (Å²) in [6, 6.07) is 32.2. The van der Waals surface area contributed by atoms with Gasteiger partial charge in [-0.3, -0.25) is 4.79 Å². The van der Waals surface area contributed by atoms with E-state index < -0.39 is 0 Å². The molecule has 2 heterocycles. The van der Waals surface area contributed by atoms with Gasteiger partial charge in [0.15, 0.2) is 0 Å². The quantitative estimate of drug-likeness (QED) is 0.267. The number of nitrogens with zero attached hydrogens (tertiary/aromatic N) is 4. The predicted octanol–water partition coefficient (Wildman–Crippen LogP) is 5.43. The zero-order valence-electron chi connectivity index (χ0n) is 22.8. The van der Waals surface area contributed by atoms with Crippen LogP contribution in [0, 0.1) is 0 Å². The van der Waals surface area contributed by atoms with E-state index in [1.807, 2.05) is 71.6 Å². The molecule has 40 heavy (non-hydrogen) atoms. The molecule has 1 amide bonds. The van der Waals surface area contributed by atoms with Gasteiger partial charge in [0.1, 0.15) is 5.82 Å². The van der Waals surface area contributed by atoms with Gasteiger partial charge in [0.25, 0.3) is 5.91 Å². The number of hydrogen-bond donors (Lipinski definition) is 0. The Hall–Kier alpha value is -4.65. The van der Waals surface area contributed by atoms with E-state index in [0.29, 0.717) is 57.0 Å². The van der Waals surface area contributed by atoms with Crippen molar-refractivity contribution in [2.45, 2.75) is 20.0 Å². The average molecular weight is 535 g/mol. The van der Waals surface area contributed by atoms with Gasteiger partial charge in [-0.2, -0.15) is 0 Å². The van der Waals surface area contributed by atoms with E-state index >= 15 is 0 Å². The van der Waals surface area contributed by atoms with E-state index in [4.69, 9.17) is 4.74 Å². The fourth-order valence-electron chi connectivity index (χ4n) is 4.98. The Balaban J connectivity index is 1.31. The summed E-state index contributed by atoms with van der Waals surface area (Å²) in [4.78, 5) is 36.6. The summed E-state index contributed by atoms with van der Waals surface area (Å²) >= 11 is 0. The lowest BCUT2D eigenvalue weighted by atomic mass is 10.1. The zero-order valence-corrected chi connectivity index (χ0v) is 22.8. The molecule has 0 unspecified atom stereocenters. The van der Waals surface area contributed by atoms with Crippen molar-refractivity contribution in [1.29, 1.82) is 0 Å². The van der Waals surface area contributed by atoms with Crippen molar-refractivity contribution in [3.63, 3.8) is 0 Å². The van der Waals surface area contributed by atoms with Crippen LogP contribution in [0.1, 0.15) is 38.8 Å². The van der Waals surface area contributed by atoms with Crippen molar-refractivity contribution < 1.29 is 14.3 Å². The molecule has 7 nitrogen and oxygen atoms in total. The molecule has 1 aliphatic rings. The van der Waals surface area contributed by atoms with Gasteiger partial charge in [0.05, 0.1) is 23.4 Å². The van der Waals surface area contributed by atoms with Crippen molar-refractivity contribution in [2.75, 3.05) is 42.6 Å². The zero-order chi connectivity index (χ0) is 27.7. The molecule has 0 atom stereocenters. The number of anilines is 2. The van der Waals surface area contributed by atoms with Crippen LogP contribution >= 0.6 is 0 Å². The number of pyridine rings is 1. The van der Waals surface area contributed by atoms with Crippen molar-refractivity contribution in [3.8, 4) is 0 Å². The topological polar surface area (TPSA) is 66.0 Å². The lowest BCUT2D eigenvalue weighted by Crippen LogP contribution is -2.49. The van der Waals surface area contributed by atoms with Crippen LogP contribution in [0.15, 0.2) is 103 Å². The Bertz CT molecular complexity index is 1360. The lowest BCUT2D eigenvalue weighted by molar-refractivity contribution is 0.0525. The highest BCUT2D eigenvalue weighted by molar-refractivity contribution is 6.00. The van der Waals surface area contributed by atoms with Gasteiger partial charge in [-0.15, -0.1) is 0 Å². The van der Waals surface area contributed by atoms with E-state index in [2.05, 4.69) is 39.0 Å². The Morgan fingerprint density at radius 3 is 1.95 bits per heavy atom. The fourth-order valence-corrected chi connectivity index (χ4v) is 4.98. The van der Waals surface area contributed by atoms with E-state index in [0.717, 1.165) is 11.5 Å². The van der Waals surface area contributed by atoms with Crippen LogP contribution in [0.25, 0.3) is 0 Å². The van der Waals surface area contributed by atoms with E-state index in [1.54, 1.807) is 19.2 Å². The summed E-state index contributed by atoms with van der Waals surface area (Å²) in [7, 11) is 0. The molecule has 3 aromatic carbocycles. The molecule has 0 aliphatic carbocycles. The molecular weight excluding hydrogens is 500 g/mol. The third kappa shape index (κ3) is 6.49. The van der Waals surface area contributed by atoms with Crippen LogP contribution < -0.4 is 9.80 Å². The molecule has 1 aliphatic heterocycles. The molecule has 1 aromatic heterocycles. The minimum absolute atomic E-state index is 0.0343. The Morgan fingerprint density at radius 2 is 1.38 bits per heavy atom. The highest BCUT2D eigenvalue weighted by Gasteiger charge is 2.26. The van der Waals surface area contributed by atoms with Crippen LogP contribution in [0.4, 0.5) is 11.5 Å². The molecule has 1 saturated heterocycles. The second kappa shape index (κ2) is 12.9. The molecule has 5 rings (SSSR count). The second-order valence-electron chi connectivity index (χ2n) is 9.75. The lowest BCUT2D eigenvalue weighted by Gasteiger charge is -2.36. The monoisotopic (exact) mass is 534 g/mol. The number of benzene rings is 3. The molecule has 0 N–H and O–H groups in total. The Labute approximate surface area is 235 Å².